The van der Waals surface area contributed by atoms with Crippen LogP contribution in [0.1, 0.15) is 39.2 Å². The van der Waals surface area contributed by atoms with Crippen molar-refractivity contribution in [3.63, 3.8) is 0 Å². The lowest BCUT2D eigenvalue weighted by Crippen LogP contribution is -2.42. The Morgan fingerprint density at radius 1 is 1.43 bits per heavy atom. The van der Waals surface area contributed by atoms with Gasteiger partial charge in [0.25, 0.3) is 5.91 Å². The van der Waals surface area contributed by atoms with E-state index in [1.807, 2.05) is 13.8 Å². The fraction of sp³-hybridized carbons (Fsp3) is 0.500. The molecule has 0 bridgehead atoms. The normalized spacial score (nSPS) is 13.1. The lowest BCUT2D eigenvalue weighted by Gasteiger charge is -2.28. The molecule has 0 fully saturated rings. The molecule has 0 aliphatic heterocycles. The van der Waals surface area contributed by atoms with Crippen LogP contribution in [0.5, 0.6) is 5.75 Å². The summed E-state index contributed by atoms with van der Waals surface area (Å²) in [6, 6.07) is 7.01. The number of carbonyl (C=O) groups is 1. The number of benzene rings is 1. The van der Waals surface area contributed by atoms with Gasteiger partial charge in [0.05, 0.1) is 18.4 Å². The molecule has 1 atom stereocenters. The Morgan fingerprint density at radius 2 is 2.14 bits per heavy atom. The summed E-state index contributed by atoms with van der Waals surface area (Å²) in [4.78, 5) is 12.5. The van der Waals surface area contributed by atoms with Gasteiger partial charge in [0.15, 0.2) is 0 Å². The van der Waals surface area contributed by atoms with Gasteiger partial charge in [0.2, 0.25) is 0 Å². The number of rotatable bonds is 7. The third-order valence-corrected chi connectivity index (χ3v) is 3.27. The van der Waals surface area contributed by atoms with Gasteiger partial charge in [0.1, 0.15) is 17.4 Å². The second kappa shape index (κ2) is 7.65. The Labute approximate surface area is 125 Å². The van der Waals surface area contributed by atoms with Crippen molar-refractivity contribution in [3.05, 3.63) is 23.8 Å². The van der Waals surface area contributed by atoms with Gasteiger partial charge < -0.3 is 14.8 Å². The van der Waals surface area contributed by atoms with Crippen LogP contribution in [0.25, 0.3) is 0 Å². The molecule has 0 spiro atoms. The number of nitrogens with zero attached hydrogens (tertiary/aromatic N) is 1. The molecule has 1 aromatic rings. The van der Waals surface area contributed by atoms with E-state index in [2.05, 4.69) is 11.4 Å². The van der Waals surface area contributed by atoms with Crippen molar-refractivity contribution in [1.29, 1.82) is 5.26 Å². The first kappa shape index (κ1) is 17.0. The van der Waals surface area contributed by atoms with E-state index in [0.717, 1.165) is 6.42 Å². The average Bonchev–Trinajstić information content (AvgIpc) is 2.48. The molecule has 5 heteroatoms. The van der Waals surface area contributed by atoms with Crippen LogP contribution < -0.4 is 10.1 Å². The molecule has 1 aromatic carbocycles. The third-order valence-electron chi connectivity index (χ3n) is 3.27. The quantitative estimate of drug-likeness (QED) is 0.837. The van der Waals surface area contributed by atoms with Crippen LogP contribution in [0.3, 0.4) is 0 Å². The van der Waals surface area contributed by atoms with Crippen LogP contribution in [0.2, 0.25) is 0 Å². The maximum absolute atomic E-state index is 12.5. The Kier molecular flexibility index (Phi) is 6.19. The molecule has 0 heterocycles. The van der Waals surface area contributed by atoms with Gasteiger partial charge in [0, 0.05) is 6.61 Å². The van der Waals surface area contributed by atoms with Crippen molar-refractivity contribution in [3.8, 4) is 11.8 Å². The topological polar surface area (TPSA) is 71.3 Å². The number of nitrogens with one attached hydrogen (secondary N) is 1. The molecule has 0 aliphatic rings. The number of hydrogen-bond donors (Lipinski definition) is 1. The molecule has 0 saturated carbocycles. The zero-order chi connectivity index (χ0) is 15.9. The van der Waals surface area contributed by atoms with Crippen molar-refractivity contribution < 1.29 is 14.3 Å². The highest BCUT2D eigenvalue weighted by Crippen LogP contribution is 2.25. The Morgan fingerprint density at radius 3 is 2.67 bits per heavy atom. The van der Waals surface area contributed by atoms with E-state index in [4.69, 9.17) is 9.47 Å². The van der Waals surface area contributed by atoms with Gasteiger partial charge in [-0.05, 0) is 38.5 Å². The van der Waals surface area contributed by atoms with Crippen molar-refractivity contribution >= 4 is 11.6 Å². The predicted octanol–water partition coefficient (Wildman–Crippen LogP) is 3.10. The lowest BCUT2D eigenvalue weighted by molar-refractivity contribution is -0.139. The van der Waals surface area contributed by atoms with Gasteiger partial charge in [-0.2, -0.15) is 5.26 Å². The van der Waals surface area contributed by atoms with E-state index >= 15 is 0 Å². The average molecular weight is 290 g/mol. The summed E-state index contributed by atoms with van der Waals surface area (Å²) in [7, 11) is 1.53. The van der Waals surface area contributed by atoms with Crippen molar-refractivity contribution in [1.82, 2.24) is 0 Å². The number of amides is 1. The lowest BCUT2D eigenvalue weighted by atomic mass is 9.98. The van der Waals surface area contributed by atoms with E-state index in [1.165, 1.54) is 7.11 Å². The van der Waals surface area contributed by atoms with Crippen molar-refractivity contribution in [2.45, 2.75) is 39.2 Å². The van der Waals surface area contributed by atoms with E-state index < -0.39 is 5.60 Å². The molecule has 114 valence electrons. The standard InChI is InChI=1S/C16H22N2O3/c1-5-9-16(3,21-6-2)15(19)18-14-8-7-13(20-4)10-12(14)11-17/h7-8,10H,5-6,9H2,1-4H3,(H,18,19)/t16-/m1/s1. The number of nitriles is 1. The summed E-state index contributed by atoms with van der Waals surface area (Å²) >= 11 is 0. The molecule has 0 unspecified atom stereocenters. The molecule has 1 N–H and O–H groups in total. The Hall–Kier alpha value is -2.06. The number of carbonyl (C=O) groups excluding carboxylic acids is 1. The van der Waals surface area contributed by atoms with Gasteiger partial charge >= 0.3 is 0 Å². The van der Waals surface area contributed by atoms with E-state index in [0.29, 0.717) is 30.0 Å². The minimum atomic E-state index is -0.893. The second-order valence-electron chi connectivity index (χ2n) is 4.89. The van der Waals surface area contributed by atoms with Gasteiger partial charge in [-0.3, -0.25) is 4.79 Å². The molecular formula is C16H22N2O3. The SMILES string of the molecule is CCC[C@@](C)(OCC)C(=O)Nc1ccc(OC)cc1C#N. The second-order valence-corrected chi connectivity index (χ2v) is 4.89. The number of anilines is 1. The summed E-state index contributed by atoms with van der Waals surface area (Å²) in [6.45, 7) is 6.08. The zero-order valence-corrected chi connectivity index (χ0v) is 13.0. The van der Waals surface area contributed by atoms with Crippen LogP contribution in [0, 0.1) is 11.3 Å². The van der Waals surface area contributed by atoms with Crippen LogP contribution in [-0.4, -0.2) is 25.2 Å². The monoisotopic (exact) mass is 290 g/mol. The summed E-state index contributed by atoms with van der Waals surface area (Å²) in [6.07, 6.45) is 1.45. The summed E-state index contributed by atoms with van der Waals surface area (Å²) in [5, 5.41) is 12.0. The van der Waals surface area contributed by atoms with Gasteiger partial charge in [-0.25, -0.2) is 0 Å². The smallest absolute Gasteiger partial charge is 0.256 e. The minimum absolute atomic E-state index is 0.243. The van der Waals surface area contributed by atoms with Crippen molar-refractivity contribution in [2.75, 3.05) is 19.0 Å². The molecular weight excluding hydrogens is 268 g/mol. The number of methoxy groups -OCH3 is 1. The highest BCUT2D eigenvalue weighted by molar-refractivity contribution is 5.98. The van der Waals surface area contributed by atoms with Gasteiger partial charge in [-0.1, -0.05) is 13.3 Å². The van der Waals surface area contributed by atoms with E-state index in [1.54, 1.807) is 25.1 Å². The summed E-state index contributed by atoms with van der Waals surface area (Å²) < 4.78 is 10.7. The molecule has 1 amide bonds. The summed E-state index contributed by atoms with van der Waals surface area (Å²) in [5.74, 6) is 0.332. The first-order valence-corrected chi connectivity index (χ1v) is 7.04. The Balaban J connectivity index is 2.99. The van der Waals surface area contributed by atoms with Gasteiger partial charge in [-0.15, -0.1) is 0 Å². The van der Waals surface area contributed by atoms with E-state index in [9.17, 15) is 10.1 Å². The molecule has 21 heavy (non-hydrogen) atoms. The predicted molar refractivity (Wildman–Crippen MR) is 81.3 cm³/mol. The molecule has 0 radical (unpaired) electrons. The van der Waals surface area contributed by atoms with E-state index in [-0.39, 0.29) is 5.91 Å². The molecule has 0 aliphatic carbocycles. The minimum Gasteiger partial charge on any atom is -0.497 e. The molecule has 5 nitrogen and oxygen atoms in total. The van der Waals surface area contributed by atoms with Crippen LogP contribution in [0.15, 0.2) is 18.2 Å². The highest BCUT2D eigenvalue weighted by atomic mass is 16.5. The Bertz CT molecular complexity index is 529. The maximum atomic E-state index is 12.5. The van der Waals surface area contributed by atoms with Crippen LogP contribution in [0.4, 0.5) is 5.69 Å². The first-order valence-electron chi connectivity index (χ1n) is 7.04. The highest BCUT2D eigenvalue weighted by Gasteiger charge is 2.33. The molecule has 1 rings (SSSR count). The fourth-order valence-electron chi connectivity index (χ4n) is 2.15. The maximum Gasteiger partial charge on any atom is 0.256 e. The van der Waals surface area contributed by atoms with Crippen LogP contribution >= 0.6 is 0 Å². The number of hydrogen-bond acceptors (Lipinski definition) is 4. The molecule has 0 saturated heterocycles. The summed E-state index contributed by atoms with van der Waals surface area (Å²) in [5.41, 5.74) is -0.0701. The molecule has 0 aromatic heterocycles. The largest absolute Gasteiger partial charge is 0.497 e. The van der Waals surface area contributed by atoms with Crippen LogP contribution in [-0.2, 0) is 9.53 Å². The first-order chi connectivity index (χ1) is 10.0. The third kappa shape index (κ3) is 4.20. The fourth-order valence-corrected chi connectivity index (χ4v) is 2.15. The van der Waals surface area contributed by atoms with Crippen molar-refractivity contribution in [2.24, 2.45) is 0 Å². The zero-order valence-electron chi connectivity index (χ0n) is 13.0. The number of ether oxygens (including phenoxy) is 2.